The molecule has 0 aliphatic heterocycles. The van der Waals surface area contributed by atoms with Crippen LogP contribution in [0.15, 0.2) is 40.1 Å². The summed E-state index contributed by atoms with van der Waals surface area (Å²) in [5.74, 6) is 0.127. The SMILES string of the molecule is COc1ccc2nc3sc(C(=O)Nc4c[nH]c(=O)[nH]c4=O)c(N)c3cc2c1. The molecule has 5 N–H and O–H groups in total. The van der Waals surface area contributed by atoms with Gasteiger partial charge in [-0.15, -0.1) is 11.3 Å². The van der Waals surface area contributed by atoms with E-state index in [-0.39, 0.29) is 16.3 Å². The Morgan fingerprint density at radius 2 is 2.11 bits per heavy atom. The third kappa shape index (κ3) is 2.91. The molecule has 4 rings (SSSR count). The van der Waals surface area contributed by atoms with Crippen molar-refractivity contribution in [3.8, 4) is 5.75 Å². The maximum absolute atomic E-state index is 12.6. The van der Waals surface area contributed by atoms with Gasteiger partial charge in [0.05, 0.1) is 18.3 Å². The van der Waals surface area contributed by atoms with Gasteiger partial charge in [-0.2, -0.15) is 0 Å². The van der Waals surface area contributed by atoms with Crippen molar-refractivity contribution in [1.29, 1.82) is 0 Å². The second-order valence-corrected chi connectivity index (χ2v) is 6.68. The summed E-state index contributed by atoms with van der Waals surface area (Å²) in [5, 5.41) is 3.91. The van der Waals surface area contributed by atoms with Gasteiger partial charge in [0, 0.05) is 17.0 Å². The van der Waals surface area contributed by atoms with Crippen LogP contribution in [0.3, 0.4) is 0 Å². The summed E-state index contributed by atoms with van der Waals surface area (Å²) in [6.07, 6.45) is 1.13. The molecule has 0 bridgehead atoms. The van der Waals surface area contributed by atoms with Crippen molar-refractivity contribution in [2.75, 3.05) is 18.2 Å². The highest BCUT2D eigenvalue weighted by Crippen LogP contribution is 2.35. The molecule has 0 unspecified atom stereocenters. The Balaban J connectivity index is 1.78. The number of methoxy groups -OCH3 is 1. The zero-order chi connectivity index (χ0) is 19.1. The first kappa shape index (κ1) is 16.8. The van der Waals surface area contributed by atoms with Crippen molar-refractivity contribution in [2.45, 2.75) is 0 Å². The average molecular weight is 383 g/mol. The van der Waals surface area contributed by atoms with Crippen LogP contribution in [-0.4, -0.2) is 28.0 Å². The molecular formula is C17H13N5O4S. The maximum Gasteiger partial charge on any atom is 0.325 e. The van der Waals surface area contributed by atoms with E-state index in [2.05, 4.69) is 15.3 Å². The van der Waals surface area contributed by atoms with Crippen molar-refractivity contribution in [3.05, 3.63) is 56.2 Å². The van der Waals surface area contributed by atoms with Crippen molar-refractivity contribution >= 4 is 49.7 Å². The maximum atomic E-state index is 12.6. The number of aromatic nitrogens is 3. The monoisotopic (exact) mass is 383 g/mol. The molecule has 1 aromatic carbocycles. The summed E-state index contributed by atoms with van der Waals surface area (Å²) >= 11 is 1.12. The average Bonchev–Trinajstić information content (AvgIpc) is 2.97. The Morgan fingerprint density at radius 1 is 1.30 bits per heavy atom. The molecule has 1 amide bonds. The Morgan fingerprint density at radius 3 is 2.85 bits per heavy atom. The fourth-order valence-electron chi connectivity index (χ4n) is 2.66. The Bertz CT molecular complexity index is 1320. The minimum atomic E-state index is -0.706. The molecule has 10 heteroatoms. The van der Waals surface area contributed by atoms with Crippen molar-refractivity contribution in [3.63, 3.8) is 0 Å². The summed E-state index contributed by atoms with van der Waals surface area (Å²) in [4.78, 5) is 45.1. The van der Waals surface area contributed by atoms with Gasteiger partial charge in [0.15, 0.2) is 0 Å². The molecule has 136 valence electrons. The highest BCUT2D eigenvalue weighted by molar-refractivity contribution is 7.21. The molecule has 0 aliphatic rings. The van der Waals surface area contributed by atoms with E-state index in [4.69, 9.17) is 10.5 Å². The third-order valence-corrected chi connectivity index (χ3v) is 5.11. The topological polar surface area (TPSA) is 143 Å². The van der Waals surface area contributed by atoms with Crippen molar-refractivity contribution < 1.29 is 9.53 Å². The molecule has 4 aromatic rings. The second-order valence-electron chi connectivity index (χ2n) is 5.68. The van der Waals surface area contributed by atoms with E-state index in [0.29, 0.717) is 16.0 Å². The number of H-pyrrole nitrogens is 2. The lowest BCUT2D eigenvalue weighted by Crippen LogP contribution is -2.26. The van der Waals surface area contributed by atoms with Crippen LogP contribution in [0.5, 0.6) is 5.75 Å². The largest absolute Gasteiger partial charge is 0.497 e. The first-order valence-electron chi connectivity index (χ1n) is 7.76. The molecule has 0 radical (unpaired) electrons. The number of rotatable bonds is 3. The Labute approximate surface area is 154 Å². The molecule has 27 heavy (non-hydrogen) atoms. The number of nitrogens with one attached hydrogen (secondary N) is 3. The fraction of sp³-hybridized carbons (Fsp3) is 0.0588. The third-order valence-electron chi connectivity index (χ3n) is 3.99. The van der Waals surface area contributed by atoms with Crippen LogP contribution in [-0.2, 0) is 0 Å². The first-order valence-corrected chi connectivity index (χ1v) is 8.58. The number of nitrogens with two attached hydrogens (primary N) is 1. The van der Waals surface area contributed by atoms with Crippen LogP contribution in [0.4, 0.5) is 11.4 Å². The van der Waals surface area contributed by atoms with Crippen LogP contribution in [0.2, 0.25) is 0 Å². The van der Waals surface area contributed by atoms with E-state index in [9.17, 15) is 14.4 Å². The number of pyridine rings is 1. The van der Waals surface area contributed by atoms with E-state index in [1.807, 2.05) is 23.2 Å². The number of thiophene rings is 1. The van der Waals surface area contributed by atoms with Crippen LogP contribution in [0, 0.1) is 0 Å². The van der Waals surface area contributed by atoms with Crippen molar-refractivity contribution in [2.24, 2.45) is 0 Å². The number of carbonyl (C=O) groups excluding carboxylic acids is 1. The van der Waals surface area contributed by atoms with Gasteiger partial charge < -0.3 is 20.8 Å². The van der Waals surface area contributed by atoms with Gasteiger partial charge >= 0.3 is 5.69 Å². The highest BCUT2D eigenvalue weighted by Gasteiger charge is 2.19. The fourth-order valence-corrected chi connectivity index (χ4v) is 3.64. The summed E-state index contributed by atoms with van der Waals surface area (Å²) in [6.45, 7) is 0. The van der Waals surface area contributed by atoms with Gasteiger partial charge in [-0.1, -0.05) is 0 Å². The zero-order valence-corrected chi connectivity index (χ0v) is 14.8. The number of benzene rings is 1. The van der Waals surface area contributed by atoms with E-state index >= 15 is 0 Å². The molecule has 9 nitrogen and oxygen atoms in total. The number of aromatic amines is 2. The highest BCUT2D eigenvalue weighted by atomic mass is 32.1. The number of nitrogens with zero attached hydrogens (tertiary/aromatic N) is 1. The standard InChI is InChI=1S/C17H13N5O4S/c1-26-8-2-3-10-7(4-8)5-9-12(18)13(27-16(9)21-10)15(24)20-11-6-19-17(25)22-14(11)23/h2-6H,18H2,1H3,(H,20,24)(H2,19,22,23,25). The van der Waals surface area contributed by atoms with Crippen LogP contribution >= 0.6 is 11.3 Å². The number of ether oxygens (including phenoxy) is 1. The summed E-state index contributed by atoms with van der Waals surface area (Å²) in [7, 11) is 1.58. The van der Waals surface area contributed by atoms with Crippen LogP contribution in [0.1, 0.15) is 9.67 Å². The molecule has 0 saturated heterocycles. The summed E-state index contributed by atoms with van der Waals surface area (Å²) < 4.78 is 5.22. The molecule has 0 spiro atoms. The lowest BCUT2D eigenvalue weighted by atomic mass is 10.1. The number of nitrogen functional groups attached to an aromatic ring is 1. The van der Waals surface area contributed by atoms with Crippen LogP contribution < -0.4 is 27.0 Å². The second kappa shape index (κ2) is 6.25. The van der Waals surface area contributed by atoms with Gasteiger partial charge in [-0.25, -0.2) is 9.78 Å². The van der Waals surface area contributed by atoms with Gasteiger partial charge in [0.1, 0.15) is 21.1 Å². The van der Waals surface area contributed by atoms with E-state index in [0.717, 1.165) is 28.4 Å². The Kier molecular flexibility index (Phi) is 3.89. The normalized spacial score (nSPS) is 11.0. The number of amides is 1. The summed E-state index contributed by atoms with van der Waals surface area (Å²) in [6, 6.07) is 7.30. The van der Waals surface area contributed by atoms with E-state index < -0.39 is 17.2 Å². The molecule has 0 atom stereocenters. The quantitative estimate of drug-likeness (QED) is 0.424. The van der Waals surface area contributed by atoms with Crippen molar-refractivity contribution in [1.82, 2.24) is 15.0 Å². The van der Waals surface area contributed by atoms with Gasteiger partial charge in [0.25, 0.3) is 11.5 Å². The molecule has 0 aliphatic carbocycles. The molecule has 0 fully saturated rings. The summed E-state index contributed by atoms with van der Waals surface area (Å²) in [5.41, 5.74) is 5.71. The molecule has 3 heterocycles. The number of hydrogen-bond donors (Lipinski definition) is 4. The molecular weight excluding hydrogens is 370 g/mol. The molecule has 0 saturated carbocycles. The number of hydrogen-bond acceptors (Lipinski definition) is 7. The lowest BCUT2D eigenvalue weighted by molar-refractivity contribution is 0.103. The predicted molar refractivity (Wildman–Crippen MR) is 104 cm³/mol. The predicted octanol–water partition coefficient (Wildman–Crippen LogP) is 1.67. The Hall–Kier alpha value is -3.66. The van der Waals surface area contributed by atoms with E-state index in [1.165, 1.54) is 0 Å². The number of anilines is 2. The lowest BCUT2D eigenvalue weighted by Gasteiger charge is -2.03. The first-order chi connectivity index (χ1) is 13.0. The zero-order valence-electron chi connectivity index (χ0n) is 14.0. The smallest absolute Gasteiger partial charge is 0.325 e. The minimum Gasteiger partial charge on any atom is -0.497 e. The van der Waals surface area contributed by atoms with Gasteiger partial charge in [0.2, 0.25) is 0 Å². The van der Waals surface area contributed by atoms with Crippen LogP contribution in [0.25, 0.3) is 21.1 Å². The minimum absolute atomic E-state index is 0.0840. The van der Waals surface area contributed by atoms with Gasteiger partial charge in [-0.3, -0.25) is 14.6 Å². The number of carbonyl (C=O) groups is 1. The van der Waals surface area contributed by atoms with Gasteiger partial charge in [-0.05, 0) is 24.3 Å². The number of fused-ring (bicyclic) bond motifs is 2. The molecule has 3 aromatic heterocycles. The van der Waals surface area contributed by atoms with E-state index in [1.54, 1.807) is 13.2 Å².